The van der Waals surface area contributed by atoms with E-state index >= 15 is 0 Å². The molecule has 0 radical (unpaired) electrons. The van der Waals surface area contributed by atoms with Crippen LogP contribution in [0.2, 0.25) is 13.1 Å². The molecule has 212 valence electrons. The predicted molar refractivity (Wildman–Crippen MR) is 169 cm³/mol. The second-order valence-electron chi connectivity index (χ2n) is 9.34. The molecule has 0 aliphatic rings. The van der Waals surface area contributed by atoms with Crippen LogP contribution in [-0.2, 0) is 18.9 Å². The Morgan fingerprint density at radius 2 is 0.771 bits per heavy atom. The number of unbranched alkanes of at least 4 members (excludes halogenated alkanes) is 8. The van der Waals surface area contributed by atoms with Crippen molar-refractivity contribution in [3.63, 3.8) is 0 Å². The Balaban J connectivity index is 4.77. The van der Waals surface area contributed by atoms with Crippen molar-refractivity contribution in [2.45, 2.75) is 129 Å². The van der Waals surface area contributed by atoms with Crippen LogP contribution in [0.3, 0.4) is 0 Å². The van der Waals surface area contributed by atoms with E-state index in [1.165, 1.54) is 51.4 Å². The highest BCUT2D eigenvalue weighted by molar-refractivity contribution is 9.09. The summed E-state index contributed by atoms with van der Waals surface area (Å²) in [7, 11) is 4.71. The van der Waals surface area contributed by atoms with Crippen molar-refractivity contribution >= 4 is 50.5 Å². The molecule has 0 aromatic rings. The van der Waals surface area contributed by atoms with Crippen LogP contribution < -0.4 is 0 Å². The van der Waals surface area contributed by atoms with Crippen molar-refractivity contribution in [2.24, 2.45) is 0 Å². The number of hydrogen-bond donors (Lipinski definition) is 0. The van der Waals surface area contributed by atoms with Crippen molar-refractivity contribution in [1.82, 2.24) is 0 Å². The molecule has 0 aromatic carbocycles. The summed E-state index contributed by atoms with van der Waals surface area (Å²) in [5.74, 6) is 1.83. The quantitative estimate of drug-likeness (QED) is 0.0405. The van der Waals surface area contributed by atoms with E-state index in [0.29, 0.717) is 0 Å². The Bertz CT molecular complexity index is 389. The highest BCUT2D eigenvalue weighted by Gasteiger charge is 2.32. The summed E-state index contributed by atoms with van der Waals surface area (Å²) in [6.07, 6.45) is 14.3. The molecule has 0 saturated carbocycles. The monoisotopic (exact) mass is 586 g/mol. The maximum Gasteiger partial charge on any atom is 0.154 e. The summed E-state index contributed by atoms with van der Waals surface area (Å²) in [5, 5.41) is 0. The molecule has 0 amide bonds. The van der Waals surface area contributed by atoms with Crippen molar-refractivity contribution in [3.05, 3.63) is 0 Å². The van der Waals surface area contributed by atoms with Gasteiger partial charge in [0.2, 0.25) is 0 Å². The van der Waals surface area contributed by atoms with E-state index in [1.54, 1.807) is 0 Å². The molecule has 0 fully saturated rings. The van der Waals surface area contributed by atoms with Gasteiger partial charge in [0.1, 0.15) is 0 Å². The van der Waals surface area contributed by atoms with Gasteiger partial charge in [-0.05, 0) is 35.5 Å². The van der Waals surface area contributed by atoms with Crippen LogP contribution in [0.4, 0.5) is 0 Å². The molecule has 0 atom stereocenters. The summed E-state index contributed by atoms with van der Waals surface area (Å²) in [6.45, 7) is 16.9. The summed E-state index contributed by atoms with van der Waals surface area (Å²) in [5.41, 5.74) is -0.660. The van der Waals surface area contributed by atoms with Crippen LogP contribution in [0.5, 0.6) is 0 Å². The molecular formula is C26H58O4S3Si2. The predicted octanol–water partition coefficient (Wildman–Crippen LogP) is 7.58. The van der Waals surface area contributed by atoms with Crippen LogP contribution in [0.15, 0.2) is 0 Å². The Kier molecular flexibility index (Phi) is 26.6. The average Bonchev–Trinajstić information content (AvgIpc) is 2.88. The van der Waals surface area contributed by atoms with Crippen LogP contribution in [0.25, 0.3) is 0 Å². The Morgan fingerprint density at radius 1 is 0.486 bits per heavy atom. The molecular weight excluding hydrogens is 529 g/mol. The zero-order valence-electron chi connectivity index (χ0n) is 24.0. The van der Waals surface area contributed by atoms with Gasteiger partial charge in [-0.2, -0.15) is 0 Å². The van der Waals surface area contributed by atoms with E-state index in [9.17, 15) is 0 Å². The lowest BCUT2D eigenvalue weighted by molar-refractivity contribution is -0.166. The minimum Gasteiger partial charge on any atom is -0.354 e. The fraction of sp³-hybridized carbons (Fsp3) is 1.00. The van der Waals surface area contributed by atoms with E-state index in [-0.39, 0.29) is 10.8 Å². The van der Waals surface area contributed by atoms with Gasteiger partial charge in [-0.3, -0.25) is 0 Å². The SMILES string of the molecule is CCCCCOC(CSSSCC(OCCCCC)(OCCCCC)[SiH2]C)(OCCCCC)[SiH2]C. The Labute approximate surface area is 235 Å². The number of hydrogen-bond acceptors (Lipinski definition) is 7. The first-order valence-electron chi connectivity index (χ1n) is 14.5. The molecule has 0 spiro atoms. The van der Waals surface area contributed by atoms with E-state index in [0.717, 1.165) is 63.6 Å². The van der Waals surface area contributed by atoms with Gasteiger partial charge in [-0.25, -0.2) is 0 Å². The maximum atomic E-state index is 6.44. The van der Waals surface area contributed by atoms with Crippen molar-refractivity contribution in [1.29, 1.82) is 0 Å². The highest BCUT2D eigenvalue weighted by Crippen LogP contribution is 2.40. The molecule has 9 heteroatoms. The van der Waals surface area contributed by atoms with E-state index in [2.05, 4.69) is 40.8 Å². The third kappa shape index (κ3) is 19.1. The second-order valence-corrected chi connectivity index (χ2v) is 17.1. The molecule has 35 heavy (non-hydrogen) atoms. The van der Waals surface area contributed by atoms with Gasteiger partial charge in [0.15, 0.2) is 10.8 Å². The summed E-state index contributed by atoms with van der Waals surface area (Å²) >= 11 is 0. The number of ether oxygens (including phenoxy) is 4. The fourth-order valence-corrected chi connectivity index (χ4v) is 12.0. The lowest BCUT2D eigenvalue weighted by Crippen LogP contribution is -2.44. The van der Waals surface area contributed by atoms with Gasteiger partial charge in [0.25, 0.3) is 0 Å². The van der Waals surface area contributed by atoms with Crippen LogP contribution in [0, 0.1) is 0 Å². The topological polar surface area (TPSA) is 36.9 Å². The first-order valence-corrected chi connectivity index (χ1v) is 22.6. The van der Waals surface area contributed by atoms with Gasteiger partial charge in [-0.15, -0.1) is 0 Å². The molecule has 0 bridgehead atoms. The third-order valence-corrected chi connectivity index (χ3v) is 14.7. The molecule has 4 nitrogen and oxygen atoms in total. The molecule has 0 N–H and O–H groups in total. The van der Waals surface area contributed by atoms with Crippen molar-refractivity contribution < 1.29 is 18.9 Å². The second kappa shape index (κ2) is 25.6. The number of rotatable bonds is 28. The Hall–Kier alpha value is 1.32. The van der Waals surface area contributed by atoms with Crippen molar-refractivity contribution in [3.8, 4) is 0 Å². The summed E-state index contributed by atoms with van der Waals surface area (Å²) in [4.78, 5) is 0. The maximum absolute atomic E-state index is 6.44. The van der Waals surface area contributed by atoms with Crippen molar-refractivity contribution in [2.75, 3.05) is 37.9 Å². The zero-order chi connectivity index (χ0) is 26.1. The largest absolute Gasteiger partial charge is 0.354 e. The van der Waals surface area contributed by atoms with E-state index in [1.807, 2.05) is 31.4 Å². The molecule has 0 heterocycles. The van der Waals surface area contributed by atoms with Crippen LogP contribution in [0.1, 0.15) is 105 Å². The van der Waals surface area contributed by atoms with E-state index in [4.69, 9.17) is 18.9 Å². The summed E-state index contributed by atoms with van der Waals surface area (Å²) < 4.78 is 25.7. The average molecular weight is 587 g/mol. The summed E-state index contributed by atoms with van der Waals surface area (Å²) in [6, 6.07) is 0. The fourth-order valence-electron chi connectivity index (χ4n) is 3.57. The van der Waals surface area contributed by atoms with Crippen LogP contribution >= 0.6 is 31.4 Å². The minimum atomic E-state index is -0.477. The standard InChI is InChI=1S/C26H58O4S3Si2/c1-7-11-15-19-27-25(34-5,28-20-16-12-8-2)23-31-33-32-24-26(35-6,29-21-17-13-9-3)30-22-18-14-10-4/h7-24,34-35H2,1-6H3. The molecule has 0 unspecified atom stereocenters. The van der Waals surface area contributed by atoms with Crippen LogP contribution in [-0.4, -0.2) is 67.8 Å². The third-order valence-electron chi connectivity index (χ3n) is 6.18. The van der Waals surface area contributed by atoms with Gasteiger partial charge in [-0.1, -0.05) is 114 Å². The molecule has 0 rings (SSSR count). The lowest BCUT2D eigenvalue weighted by Gasteiger charge is -2.34. The van der Waals surface area contributed by atoms with E-state index < -0.39 is 19.0 Å². The minimum absolute atomic E-state index is 0.330. The van der Waals surface area contributed by atoms with Gasteiger partial charge < -0.3 is 18.9 Å². The van der Waals surface area contributed by atoms with Gasteiger partial charge in [0.05, 0.1) is 30.5 Å². The molecule has 0 aliphatic heterocycles. The molecule has 0 aliphatic carbocycles. The first kappa shape index (κ1) is 36.3. The molecule has 0 saturated heterocycles. The van der Waals surface area contributed by atoms with Gasteiger partial charge >= 0.3 is 0 Å². The molecule has 0 aromatic heterocycles. The lowest BCUT2D eigenvalue weighted by atomic mass is 10.3. The highest BCUT2D eigenvalue weighted by atomic mass is 33.5. The zero-order valence-corrected chi connectivity index (χ0v) is 29.3. The van der Waals surface area contributed by atoms with Gasteiger partial charge in [0, 0.05) is 26.4 Å². The first-order chi connectivity index (χ1) is 17.1. The normalized spacial score (nSPS) is 13.2. The Morgan fingerprint density at radius 3 is 1.00 bits per heavy atom. The smallest absolute Gasteiger partial charge is 0.154 e.